The Kier molecular flexibility index (Phi) is 4.57. The van der Waals surface area contributed by atoms with E-state index in [0.29, 0.717) is 5.92 Å². The second-order valence-corrected chi connectivity index (χ2v) is 5.23. The van der Waals surface area contributed by atoms with Gasteiger partial charge in [0.25, 0.3) is 0 Å². The van der Waals surface area contributed by atoms with E-state index in [1.807, 2.05) is 0 Å². The molecule has 0 amide bonds. The van der Waals surface area contributed by atoms with E-state index >= 15 is 0 Å². The maximum absolute atomic E-state index is 4.84. The van der Waals surface area contributed by atoms with E-state index in [9.17, 15) is 0 Å². The monoisotopic (exact) mass is 267 g/mol. The molecule has 2 aliphatic rings. The van der Waals surface area contributed by atoms with Crippen LogP contribution < -0.4 is 5.32 Å². The van der Waals surface area contributed by atoms with Crippen LogP contribution in [0, 0.1) is 0 Å². The van der Waals surface area contributed by atoms with Crippen LogP contribution in [-0.4, -0.2) is 23.1 Å². The van der Waals surface area contributed by atoms with Gasteiger partial charge in [-0.05, 0) is 37.8 Å². The molecule has 0 spiro atoms. The number of hydrogen-bond acceptors (Lipinski definition) is 3. The summed E-state index contributed by atoms with van der Waals surface area (Å²) in [4.78, 5) is 9.67. The second-order valence-electron chi connectivity index (χ2n) is 5.23. The molecule has 18 heavy (non-hydrogen) atoms. The average molecular weight is 268 g/mol. The first-order chi connectivity index (χ1) is 8.38. The van der Waals surface area contributed by atoms with E-state index < -0.39 is 0 Å². The zero-order chi connectivity index (χ0) is 11.7. The van der Waals surface area contributed by atoms with Crippen LogP contribution in [0.3, 0.4) is 0 Å². The van der Waals surface area contributed by atoms with Gasteiger partial charge in [-0.15, -0.1) is 12.4 Å². The zero-order valence-corrected chi connectivity index (χ0v) is 11.9. The molecule has 1 N–H and O–H groups in total. The van der Waals surface area contributed by atoms with E-state index in [-0.39, 0.29) is 12.4 Å². The normalized spacial score (nSPS) is 18.7. The first kappa shape index (κ1) is 13.8. The lowest BCUT2D eigenvalue weighted by Crippen LogP contribution is -2.16. The highest BCUT2D eigenvalue weighted by Crippen LogP contribution is 2.38. The third kappa shape index (κ3) is 2.83. The average Bonchev–Trinajstić information content (AvgIpc) is 3.16. The Bertz CT molecular complexity index is 416. The molecule has 0 bridgehead atoms. The molecule has 3 rings (SSSR count). The summed E-state index contributed by atoms with van der Waals surface area (Å²) >= 11 is 0. The van der Waals surface area contributed by atoms with Crippen molar-refractivity contribution in [2.24, 2.45) is 0 Å². The Balaban J connectivity index is 0.00000120. The Morgan fingerprint density at radius 1 is 1.17 bits per heavy atom. The molecular formula is C14H22ClN3. The topological polar surface area (TPSA) is 37.8 Å². The van der Waals surface area contributed by atoms with E-state index in [2.05, 4.69) is 12.2 Å². The lowest BCUT2D eigenvalue weighted by Gasteiger charge is -2.12. The molecule has 0 unspecified atom stereocenters. The van der Waals surface area contributed by atoms with Crippen LogP contribution in [0.1, 0.15) is 54.9 Å². The van der Waals surface area contributed by atoms with Gasteiger partial charge in [-0.1, -0.05) is 13.3 Å². The fraction of sp³-hybridized carbons (Fsp3) is 0.714. The van der Waals surface area contributed by atoms with Gasteiger partial charge in [0.05, 0.1) is 0 Å². The standard InChI is InChI=1S/C14H21N3.ClH/c1-2-3-12-11-6-8-15-9-7-13(11)17-14(16-12)10-4-5-10;/h10,15H,2-9H2,1H3;1H. The van der Waals surface area contributed by atoms with Crippen molar-refractivity contribution in [1.29, 1.82) is 0 Å². The molecule has 1 saturated carbocycles. The summed E-state index contributed by atoms with van der Waals surface area (Å²) < 4.78 is 0. The highest BCUT2D eigenvalue weighted by atomic mass is 35.5. The first-order valence-corrected chi connectivity index (χ1v) is 6.97. The number of halogens is 1. The van der Waals surface area contributed by atoms with Crippen molar-refractivity contribution < 1.29 is 0 Å². The fourth-order valence-electron chi connectivity index (χ4n) is 2.61. The first-order valence-electron chi connectivity index (χ1n) is 6.97. The Morgan fingerprint density at radius 2 is 1.94 bits per heavy atom. The van der Waals surface area contributed by atoms with Crippen molar-refractivity contribution in [3.63, 3.8) is 0 Å². The summed E-state index contributed by atoms with van der Waals surface area (Å²) in [6.07, 6.45) is 7.07. The van der Waals surface area contributed by atoms with E-state index in [1.54, 1.807) is 0 Å². The van der Waals surface area contributed by atoms with E-state index in [4.69, 9.17) is 9.97 Å². The number of rotatable bonds is 3. The molecule has 1 aliphatic carbocycles. The number of aromatic nitrogens is 2. The molecular weight excluding hydrogens is 246 g/mol. The van der Waals surface area contributed by atoms with Crippen molar-refractivity contribution >= 4 is 12.4 Å². The van der Waals surface area contributed by atoms with Gasteiger partial charge >= 0.3 is 0 Å². The van der Waals surface area contributed by atoms with Crippen LogP contribution in [0.15, 0.2) is 0 Å². The molecule has 3 nitrogen and oxygen atoms in total. The van der Waals surface area contributed by atoms with Crippen LogP contribution >= 0.6 is 12.4 Å². The number of hydrogen-bond donors (Lipinski definition) is 1. The van der Waals surface area contributed by atoms with Crippen LogP contribution in [0.2, 0.25) is 0 Å². The quantitative estimate of drug-likeness (QED) is 0.914. The number of aryl methyl sites for hydroxylation is 1. The zero-order valence-electron chi connectivity index (χ0n) is 11.0. The number of fused-ring (bicyclic) bond motifs is 1. The Morgan fingerprint density at radius 3 is 2.67 bits per heavy atom. The minimum Gasteiger partial charge on any atom is -0.316 e. The minimum absolute atomic E-state index is 0. The largest absolute Gasteiger partial charge is 0.316 e. The summed E-state index contributed by atoms with van der Waals surface area (Å²) in [6.45, 7) is 4.38. The third-order valence-electron chi connectivity index (χ3n) is 3.72. The molecule has 1 aromatic heterocycles. The van der Waals surface area contributed by atoms with Crippen molar-refractivity contribution in [3.8, 4) is 0 Å². The molecule has 2 heterocycles. The minimum atomic E-state index is 0. The highest BCUT2D eigenvalue weighted by Gasteiger charge is 2.28. The predicted octanol–water partition coefficient (Wildman–Crippen LogP) is 2.42. The van der Waals surface area contributed by atoms with Gasteiger partial charge in [0.15, 0.2) is 0 Å². The van der Waals surface area contributed by atoms with Crippen molar-refractivity contribution in [1.82, 2.24) is 15.3 Å². The number of nitrogens with zero attached hydrogens (tertiary/aromatic N) is 2. The van der Waals surface area contributed by atoms with E-state index in [0.717, 1.165) is 38.2 Å². The summed E-state index contributed by atoms with van der Waals surface area (Å²) in [5.41, 5.74) is 4.11. The van der Waals surface area contributed by atoms with Gasteiger partial charge in [0.1, 0.15) is 5.82 Å². The summed E-state index contributed by atoms with van der Waals surface area (Å²) in [5, 5.41) is 3.46. The summed E-state index contributed by atoms with van der Waals surface area (Å²) in [5.74, 6) is 1.81. The van der Waals surface area contributed by atoms with Crippen LogP contribution in [0.5, 0.6) is 0 Å². The summed E-state index contributed by atoms with van der Waals surface area (Å²) in [6, 6.07) is 0. The fourth-order valence-corrected chi connectivity index (χ4v) is 2.61. The Labute approximate surface area is 115 Å². The summed E-state index contributed by atoms with van der Waals surface area (Å²) in [7, 11) is 0. The van der Waals surface area contributed by atoms with Crippen LogP contribution in [-0.2, 0) is 19.3 Å². The maximum Gasteiger partial charge on any atom is 0.131 e. The second kappa shape index (κ2) is 5.98. The van der Waals surface area contributed by atoms with Gasteiger partial charge < -0.3 is 5.32 Å². The molecule has 0 atom stereocenters. The van der Waals surface area contributed by atoms with Gasteiger partial charge in [-0.25, -0.2) is 9.97 Å². The van der Waals surface area contributed by atoms with Crippen molar-refractivity contribution in [2.75, 3.05) is 13.1 Å². The van der Waals surface area contributed by atoms with Gasteiger partial charge in [-0.2, -0.15) is 0 Å². The highest BCUT2D eigenvalue weighted by molar-refractivity contribution is 5.85. The maximum atomic E-state index is 4.84. The lowest BCUT2D eigenvalue weighted by atomic mass is 10.0. The van der Waals surface area contributed by atoms with Crippen LogP contribution in [0.4, 0.5) is 0 Å². The number of nitrogens with one attached hydrogen (secondary N) is 1. The molecule has 100 valence electrons. The van der Waals surface area contributed by atoms with Crippen molar-refractivity contribution in [2.45, 2.75) is 51.4 Å². The molecule has 0 saturated heterocycles. The van der Waals surface area contributed by atoms with Gasteiger partial charge in [-0.3, -0.25) is 0 Å². The SMILES string of the molecule is CCCc1nc(C2CC2)nc2c1CCNCC2.Cl. The smallest absolute Gasteiger partial charge is 0.131 e. The van der Waals surface area contributed by atoms with Gasteiger partial charge in [0.2, 0.25) is 0 Å². The predicted molar refractivity (Wildman–Crippen MR) is 75.5 cm³/mol. The molecule has 4 heteroatoms. The third-order valence-corrected chi connectivity index (χ3v) is 3.72. The molecule has 1 aliphatic heterocycles. The lowest BCUT2D eigenvalue weighted by molar-refractivity contribution is 0.707. The molecule has 1 aromatic rings. The van der Waals surface area contributed by atoms with Crippen molar-refractivity contribution in [3.05, 3.63) is 22.8 Å². The van der Waals surface area contributed by atoms with E-state index in [1.165, 1.54) is 36.2 Å². The molecule has 0 radical (unpaired) electrons. The van der Waals surface area contributed by atoms with Crippen LogP contribution in [0.25, 0.3) is 0 Å². The Hall–Kier alpha value is -0.670. The van der Waals surface area contributed by atoms with Gasteiger partial charge in [0, 0.05) is 30.3 Å². The molecule has 0 aromatic carbocycles. The molecule has 1 fully saturated rings.